The van der Waals surface area contributed by atoms with Gasteiger partial charge in [-0.05, 0) is 43.1 Å². The van der Waals surface area contributed by atoms with E-state index in [-0.39, 0.29) is 0 Å². The molecular formula is C11H21N. The van der Waals surface area contributed by atoms with Crippen molar-refractivity contribution in [3.05, 3.63) is 0 Å². The lowest BCUT2D eigenvalue weighted by molar-refractivity contribution is 0.244. The molecule has 0 aromatic heterocycles. The van der Waals surface area contributed by atoms with Crippen LogP contribution in [0.25, 0.3) is 0 Å². The van der Waals surface area contributed by atoms with E-state index >= 15 is 0 Å². The van der Waals surface area contributed by atoms with Gasteiger partial charge in [-0.2, -0.15) is 0 Å². The molecule has 1 heteroatoms. The third-order valence-electron chi connectivity index (χ3n) is 3.34. The first-order valence-electron chi connectivity index (χ1n) is 5.28. The molecule has 1 N–H and O–H groups in total. The molecule has 1 nitrogen and oxygen atoms in total. The molecule has 2 aliphatic rings. The first kappa shape index (κ1) is 8.55. The summed E-state index contributed by atoms with van der Waals surface area (Å²) in [5, 5.41) is 3.63. The summed E-state index contributed by atoms with van der Waals surface area (Å²) in [5.41, 5.74) is 0.525. The molecule has 3 unspecified atom stereocenters. The van der Waals surface area contributed by atoms with Crippen LogP contribution in [0.15, 0.2) is 0 Å². The van der Waals surface area contributed by atoms with Gasteiger partial charge in [0.05, 0.1) is 0 Å². The molecule has 0 aromatic rings. The van der Waals surface area contributed by atoms with Gasteiger partial charge in [0.25, 0.3) is 0 Å². The maximum atomic E-state index is 3.63. The van der Waals surface area contributed by atoms with Crippen LogP contribution < -0.4 is 5.32 Å². The van der Waals surface area contributed by atoms with Crippen LogP contribution in [-0.4, -0.2) is 12.6 Å². The Morgan fingerprint density at radius 2 is 2.00 bits per heavy atom. The molecule has 0 aromatic carbocycles. The van der Waals surface area contributed by atoms with Crippen molar-refractivity contribution in [1.82, 2.24) is 5.32 Å². The standard InChI is InChI=1S/C11H21N/c1-11(2,3)6-9-4-8-5-10(9)12-7-8/h8-10,12H,4-7H2,1-3H3. The Kier molecular flexibility index (Phi) is 1.95. The van der Waals surface area contributed by atoms with Crippen LogP contribution in [0.4, 0.5) is 0 Å². The molecule has 2 fully saturated rings. The van der Waals surface area contributed by atoms with E-state index in [4.69, 9.17) is 0 Å². The maximum Gasteiger partial charge on any atom is 0.00988 e. The average molecular weight is 167 g/mol. The minimum absolute atomic E-state index is 0.525. The number of fused-ring (bicyclic) bond motifs is 2. The molecule has 3 atom stereocenters. The number of piperidine rings is 1. The highest BCUT2D eigenvalue weighted by Crippen LogP contribution is 2.41. The molecule has 0 amide bonds. The Morgan fingerprint density at radius 3 is 2.42 bits per heavy atom. The Bertz CT molecular complexity index is 168. The van der Waals surface area contributed by atoms with Crippen molar-refractivity contribution >= 4 is 0 Å². The molecule has 2 bridgehead atoms. The predicted octanol–water partition coefficient (Wildman–Crippen LogP) is 2.42. The molecule has 1 aliphatic heterocycles. The molecule has 1 saturated carbocycles. The zero-order chi connectivity index (χ0) is 8.77. The summed E-state index contributed by atoms with van der Waals surface area (Å²) in [6, 6.07) is 0.870. The van der Waals surface area contributed by atoms with E-state index in [0.29, 0.717) is 5.41 Å². The van der Waals surface area contributed by atoms with Crippen molar-refractivity contribution in [2.45, 2.75) is 46.1 Å². The Hall–Kier alpha value is -0.0400. The number of nitrogens with one attached hydrogen (secondary N) is 1. The van der Waals surface area contributed by atoms with E-state index in [1.807, 2.05) is 0 Å². The van der Waals surface area contributed by atoms with Gasteiger partial charge in [-0.25, -0.2) is 0 Å². The van der Waals surface area contributed by atoms with Crippen LogP contribution >= 0.6 is 0 Å². The van der Waals surface area contributed by atoms with E-state index in [2.05, 4.69) is 26.1 Å². The van der Waals surface area contributed by atoms with Gasteiger partial charge in [-0.3, -0.25) is 0 Å². The average Bonchev–Trinajstić information content (AvgIpc) is 2.42. The SMILES string of the molecule is CC(C)(C)CC1CC2CNC1C2. The second kappa shape index (κ2) is 2.73. The molecule has 12 heavy (non-hydrogen) atoms. The maximum absolute atomic E-state index is 3.63. The molecule has 1 heterocycles. The van der Waals surface area contributed by atoms with Gasteiger partial charge in [-0.15, -0.1) is 0 Å². The normalized spacial score (nSPS) is 40.8. The summed E-state index contributed by atoms with van der Waals surface area (Å²) < 4.78 is 0. The van der Waals surface area contributed by atoms with Crippen LogP contribution in [0.5, 0.6) is 0 Å². The van der Waals surface area contributed by atoms with Crippen LogP contribution in [-0.2, 0) is 0 Å². The molecule has 2 rings (SSSR count). The second-order valence-corrected chi connectivity index (χ2v) is 5.88. The Labute approximate surface area is 75.9 Å². The molecule has 0 radical (unpaired) electrons. The van der Waals surface area contributed by atoms with Crippen molar-refractivity contribution in [3.8, 4) is 0 Å². The Balaban J connectivity index is 1.91. The topological polar surface area (TPSA) is 12.0 Å². The highest BCUT2D eigenvalue weighted by Gasteiger charge is 2.40. The minimum atomic E-state index is 0.525. The van der Waals surface area contributed by atoms with Gasteiger partial charge in [0.2, 0.25) is 0 Å². The van der Waals surface area contributed by atoms with Gasteiger partial charge < -0.3 is 5.32 Å². The summed E-state index contributed by atoms with van der Waals surface area (Å²) >= 11 is 0. The fourth-order valence-electron chi connectivity index (χ4n) is 2.99. The van der Waals surface area contributed by atoms with Crippen LogP contribution in [0.2, 0.25) is 0 Å². The van der Waals surface area contributed by atoms with E-state index < -0.39 is 0 Å². The van der Waals surface area contributed by atoms with Crippen LogP contribution in [0.3, 0.4) is 0 Å². The van der Waals surface area contributed by atoms with Crippen LogP contribution in [0, 0.1) is 17.3 Å². The number of hydrogen-bond acceptors (Lipinski definition) is 1. The summed E-state index contributed by atoms with van der Waals surface area (Å²) in [4.78, 5) is 0. The lowest BCUT2D eigenvalue weighted by Crippen LogP contribution is -2.34. The number of rotatable bonds is 1. The second-order valence-electron chi connectivity index (χ2n) is 5.88. The van der Waals surface area contributed by atoms with E-state index in [1.54, 1.807) is 0 Å². The third kappa shape index (κ3) is 1.66. The van der Waals surface area contributed by atoms with E-state index in [0.717, 1.165) is 17.9 Å². The molecular weight excluding hydrogens is 146 g/mol. The lowest BCUT2D eigenvalue weighted by Gasteiger charge is -2.29. The monoisotopic (exact) mass is 167 g/mol. The van der Waals surface area contributed by atoms with Gasteiger partial charge in [-0.1, -0.05) is 20.8 Å². The summed E-state index contributed by atoms with van der Waals surface area (Å²) in [7, 11) is 0. The smallest absolute Gasteiger partial charge is 0.00988 e. The van der Waals surface area contributed by atoms with Gasteiger partial charge in [0, 0.05) is 6.04 Å². The Morgan fingerprint density at radius 1 is 1.25 bits per heavy atom. The summed E-state index contributed by atoms with van der Waals surface area (Å²) in [6.45, 7) is 8.38. The zero-order valence-corrected chi connectivity index (χ0v) is 8.56. The zero-order valence-electron chi connectivity index (χ0n) is 8.56. The molecule has 70 valence electrons. The first-order valence-corrected chi connectivity index (χ1v) is 5.28. The summed E-state index contributed by atoms with van der Waals surface area (Å²) in [6.07, 6.45) is 4.36. The van der Waals surface area contributed by atoms with E-state index in [1.165, 1.54) is 25.8 Å². The van der Waals surface area contributed by atoms with Gasteiger partial charge in [0.1, 0.15) is 0 Å². The fraction of sp³-hybridized carbons (Fsp3) is 1.00. The van der Waals surface area contributed by atoms with Crippen molar-refractivity contribution in [3.63, 3.8) is 0 Å². The van der Waals surface area contributed by atoms with Gasteiger partial charge >= 0.3 is 0 Å². The highest BCUT2D eigenvalue weighted by molar-refractivity contribution is 4.96. The highest BCUT2D eigenvalue weighted by atomic mass is 15.0. The molecule has 1 aliphatic carbocycles. The predicted molar refractivity (Wildman–Crippen MR) is 52.1 cm³/mol. The quantitative estimate of drug-likeness (QED) is 0.632. The van der Waals surface area contributed by atoms with Crippen molar-refractivity contribution < 1.29 is 0 Å². The number of hydrogen-bond donors (Lipinski definition) is 1. The lowest BCUT2D eigenvalue weighted by atomic mass is 9.81. The van der Waals surface area contributed by atoms with Crippen LogP contribution in [0.1, 0.15) is 40.0 Å². The van der Waals surface area contributed by atoms with E-state index in [9.17, 15) is 0 Å². The van der Waals surface area contributed by atoms with Crippen molar-refractivity contribution in [2.75, 3.05) is 6.54 Å². The largest absolute Gasteiger partial charge is 0.313 e. The minimum Gasteiger partial charge on any atom is -0.313 e. The van der Waals surface area contributed by atoms with Gasteiger partial charge in [0.15, 0.2) is 0 Å². The van der Waals surface area contributed by atoms with Crippen molar-refractivity contribution in [2.24, 2.45) is 17.3 Å². The summed E-state index contributed by atoms with van der Waals surface area (Å²) in [5.74, 6) is 1.99. The first-order chi connectivity index (χ1) is 5.54. The molecule has 1 saturated heterocycles. The fourth-order valence-corrected chi connectivity index (χ4v) is 2.99. The van der Waals surface area contributed by atoms with Crippen molar-refractivity contribution in [1.29, 1.82) is 0 Å². The third-order valence-corrected chi connectivity index (χ3v) is 3.34. The molecule has 0 spiro atoms.